The molecule has 0 fully saturated rings. The number of hydrogen-bond donors (Lipinski definition) is 1. The van der Waals surface area contributed by atoms with Gasteiger partial charge in [0.15, 0.2) is 0 Å². The minimum atomic E-state index is -5.16. The summed E-state index contributed by atoms with van der Waals surface area (Å²) in [5, 5.41) is 3.07. The minimum Gasteiger partial charge on any atom is -0.382 e. The minimum absolute atomic E-state index is 0.0151. The van der Waals surface area contributed by atoms with Crippen LogP contribution in [0.3, 0.4) is 0 Å². The van der Waals surface area contributed by atoms with Crippen LogP contribution in [0.2, 0.25) is 0 Å². The molecule has 8 heteroatoms. The van der Waals surface area contributed by atoms with E-state index in [4.69, 9.17) is 0 Å². The second-order valence-corrected chi connectivity index (χ2v) is 4.80. The molecule has 4 nitrogen and oxygen atoms in total. The molecule has 0 spiro atoms. The van der Waals surface area contributed by atoms with E-state index in [0.717, 1.165) is 28.3 Å². The topological polar surface area (TPSA) is 55.4 Å². The third-order valence-corrected chi connectivity index (χ3v) is 3.58. The highest BCUT2D eigenvalue weighted by molar-refractivity contribution is 7.14. The zero-order valence-corrected chi connectivity index (χ0v) is 9.78. The maximum absolute atomic E-state index is 11.9. The average Bonchev–Trinajstić information content (AvgIpc) is 2.71. The monoisotopic (exact) mass is 279 g/mol. The standard InChI is InChI=1S/C10H8F3NO3S/c11-10(12,13)9(16)17-8(15)7-3-5-4-14-2-1-6(5)18-7/h3,14H,1-2,4H2. The summed E-state index contributed by atoms with van der Waals surface area (Å²) in [5.74, 6) is -3.74. The van der Waals surface area contributed by atoms with E-state index >= 15 is 0 Å². The quantitative estimate of drug-likeness (QED) is 0.627. The lowest BCUT2D eigenvalue weighted by atomic mass is 10.1. The maximum atomic E-state index is 11.9. The lowest BCUT2D eigenvalue weighted by Crippen LogP contribution is -2.27. The molecule has 98 valence electrons. The highest BCUT2D eigenvalue weighted by Gasteiger charge is 2.42. The van der Waals surface area contributed by atoms with E-state index in [0.29, 0.717) is 13.0 Å². The van der Waals surface area contributed by atoms with Crippen molar-refractivity contribution in [3.05, 3.63) is 21.4 Å². The lowest BCUT2D eigenvalue weighted by molar-refractivity contribution is -0.193. The lowest BCUT2D eigenvalue weighted by Gasteiger charge is -2.10. The van der Waals surface area contributed by atoms with Crippen molar-refractivity contribution in [2.75, 3.05) is 6.54 Å². The first kappa shape index (κ1) is 13.0. The third kappa shape index (κ3) is 2.70. The highest BCUT2D eigenvalue weighted by Crippen LogP contribution is 2.26. The van der Waals surface area contributed by atoms with E-state index in [1.54, 1.807) is 0 Å². The summed E-state index contributed by atoms with van der Waals surface area (Å²) in [7, 11) is 0. The van der Waals surface area contributed by atoms with Crippen LogP contribution in [0, 0.1) is 0 Å². The summed E-state index contributed by atoms with van der Waals surface area (Å²) >= 11 is 1.06. The van der Waals surface area contributed by atoms with E-state index in [9.17, 15) is 22.8 Å². The Morgan fingerprint density at radius 1 is 1.39 bits per heavy atom. The Hall–Kier alpha value is -1.41. The second-order valence-electron chi connectivity index (χ2n) is 3.66. The van der Waals surface area contributed by atoms with Gasteiger partial charge in [0, 0.05) is 18.0 Å². The highest BCUT2D eigenvalue weighted by atomic mass is 32.1. The Morgan fingerprint density at radius 2 is 2.11 bits per heavy atom. The Morgan fingerprint density at radius 3 is 2.72 bits per heavy atom. The van der Waals surface area contributed by atoms with Gasteiger partial charge in [0.1, 0.15) is 4.88 Å². The first-order chi connectivity index (χ1) is 8.38. The Labute approximate surface area is 104 Å². The number of nitrogens with one attached hydrogen (secondary N) is 1. The molecule has 1 aromatic rings. The van der Waals surface area contributed by atoms with Gasteiger partial charge in [-0.3, -0.25) is 0 Å². The van der Waals surface area contributed by atoms with Gasteiger partial charge in [-0.1, -0.05) is 0 Å². The van der Waals surface area contributed by atoms with Crippen molar-refractivity contribution in [3.63, 3.8) is 0 Å². The normalized spacial score (nSPS) is 15.1. The third-order valence-electron chi connectivity index (χ3n) is 2.36. The Bertz CT molecular complexity index is 472. The number of halogens is 3. The van der Waals surface area contributed by atoms with Crippen LogP contribution in [0.1, 0.15) is 20.1 Å². The van der Waals surface area contributed by atoms with E-state index in [-0.39, 0.29) is 4.88 Å². The van der Waals surface area contributed by atoms with Crippen LogP contribution in [0.5, 0.6) is 0 Å². The van der Waals surface area contributed by atoms with Crippen molar-refractivity contribution in [3.8, 4) is 0 Å². The number of carbonyl (C=O) groups excluding carboxylic acids is 2. The largest absolute Gasteiger partial charge is 0.491 e. The van der Waals surface area contributed by atoms with Crippen LogP contribution in [-0.4, -0.2) is 24.7 Å². The van der Waals surface area contributed by atoms with Crippen molar-refractivity contribution in [1.29, 1.82) is 0 Å². The number of fused-ring (bicyclic) bond motifs is 1. The zero-order valence-electron chi connectivity index (χ0n) is 8.97. The van der Waals surface area contributed by atoms with Crippen LogP contribution in [-0.2, 0) is 22.5 Å². The van der Waals surface area contributed by atoms with Crippen LogP contribution in [0.4, 0.5) is 13.2 Å². The van der Waals surface area contributed by atoms with Gasteiger partial charge in [0.2, 0.25) is 0 Å². The maximum Gasteiger partial charge on any atom is 0.491 e. The zero-order chi connectivity index (χ0) is 13.3. The van der Waals surface area contributed by atoms with Crippen molar-refractivity contribution >= 4 is 23.3 Å². The van der Waals surface area contributed by atoms with Crippen LogP contribution in [0.25, 0.3) is 0 Å². The van der Waals surface area contributed by atoms with Crippen molar-refractivity contribution in [1.82, 2.24) is 5.32 Å². The summed E-state index contributed by atoms with van der Waals surface area (Å²) in [6, 6.07) is 1.46. The van der Waals surface area contributed by atoms with Gasteiger partial charge in [0.25, 0.3) is 0 Å². The first-order valence-electron chi connectivity index (χ1n) is 5.03. The van der Waals surface area contributed by atoms with Crippen molar-refractivity contribution in [2.24, 2.45) is 0 Å². The van der Waals surface area contributed by atoms with E-state index in [1.165, 1.54) is 6.07 Å². The van der Waals surface area contributed by atoms with Crippen molar-refractivity contribution < 1.29 is 27.5 Å². The van der Waals surface area contributed by atoms with E-state index < -0.39 is 18.1 Å². The number of rotatable bonds is 1. The summed E-state index contributed by atoms with van der Waals surface area (Å²) in [4.78, 5) is 22.8. The predicted octanol–water partition coefficient (Wildman–Crippen LogP) is 1.64. The molecule has 2 rings (SSSR count). The molecule has 1 aromatic heterocycles. The molecular formula is C10H8F3NO3S. The van der Waals surface area contributed by atoms with Crippen LogP contribution in [0.15, 0.2) is 6.07 Å². The number of esters is 2. The molecule has 0 bridgehead atoms. The molecule has 1 aliphatic rings. The molecule has 1 N–H and O–H groups in total. The van der Waals surface area contributed by atoms with Gasteiger partial charge < -0.3 is 10.1 Å². The summed E-state index contributed by atoms with van der Waals surface area (Å²) in [6.07, 6.45) is -4.45. The molecule has 0 saturated heterocycles. The van der Waals surface area contributed by atoms with Gasteiger partial charge in [-0.05, 0) is 18.1 Å². The van der Waals surface area contributed by atoms with Gasteiger partial charge in [-0.25, -0.2) is 9.59 Å². The molecule has 0 aromatic carbocycles. The SMILES string of the molecule is O=C(OC(=O)C(F)(F)F)c1cc2c(s1)CCNC2. The number of carbonyl (C=O) groups is 2. The molecule has 1 aliphatic heterocycles. The second kappa shape index (κ2) is 4.69. The average molecular weight is 279 g/mol. The van der Waals surface area contributed by atoms with E-state index in [2.05, 4.69) is 10.1 Å². The van der Waals surface area contributed by atoms with Crippen LogP contribution < -0.4 is 5.32 Å². The Kier molecular flexibility index (Phi) is 3.40. The molecule has 2 heterocycles. The smallest absolute Gasteiger partial charge is 0.382 e. The number of ether oxygens (including phenoxy) is 1. The van der Waals surface area contributed by atoms with Gasteiger partial charge in [0.05, 0.1) is 0 Å². The van der Waals surface area contributed by atoms with Gasteiger partial charge >= 0.3 is 18.1 Å². The number of thiophene rings is 1. The number of hydrogen-bond acceptors (Lipinski definition) is 5. The van der Waals surface area contributed by atoms with E-state index in [1.807, 2.05) is 0 Å². The van der Waals surface area contributed by atoms with Gasteiger partial charge in [-0.2, -0.15) is 13.2 Å². The predicted molar refractivity (Wildman–Crippen MR) is 56.2 cm³/mol. The molecule has 0 aliphatic carbocycles. The summed E-state index contributed by atoms with van der Waals surface area (Å²) < 4.78 is 39.5. The first-order valence-corrected chi connectivity index (χ1v) is 5.85. The molecule has 0 radical (unpaired) electrons. The summed E-state index contributed by atoms with van der Waals surface area (Å²) in [6.45, 7) is 1.32. The summed E-state index contributed by atoms with van der Waals surface area (Å²) in [5.41, 5.74) is 0.859. The molecule has 18 heavy (non-hydrogen) atoms. The molecule has 0 amide bonds. The fourth-order valence-corrected chi connectivity index (χ4v) is 2.60. The molecule has 0 saturated carbocycles. The van der Waals surface area contributed by atoms with Crippen LogP contribution >= 0.6 is 11.3 Å². The molecule has 0 unspecified atom stereocenters. The fourth-order valence-electron chi connectivity index (χ4n) is 1.55. The fraction of sp³-hybridized carbons (Fsp3) is 0.400. The number of alkyl halides is 3. The van der Waals surface area contributed by atoms with Crippen molar-refractivity contribution in [2.45, 2.75) is 19.1 Å². The molecular weight excluding hydrogens is 271 g/mol. The Balaban J connectivity index is 2.10. The van der Waals surface area contributed by atoms with Gasteiger partial charge in [-0.15, -0.1) is 11.3 Å². The molecule has 0 atom stereocenters.